The summed E-state index contributed by atoms with van der Waals surface area (Å²) in [7, 11) is 0. The Hall–Kier alpha value is -2.00. The van der Waals surface area contributed by atoms with E-state index in [0.29, 0.717) is 16.5 Å². The van der Waals surface area contributed by atoms with E-state index in [4.69, 9.17) is 11.6 Å². The molecule has 2 aromatic rings. The lowest BCUT2D eigenvalue weighted by atomic mass is 10.0. The van der Waals surface area contributed by atoms with Crippen molar-refractivity contribution in [2.75, 3.05) is 23.3 Å². The molecular weight excluding hydrogens is 320 g/mol. The number of amides is 1. The highest BCUT2D eigenvalue weighted by atomic mass is 35.5. The van der Waals surface area contributed by atoms with E-state index < -0.39 is 0 Å². The van der Waals surface area contributed by atoms with Gasteiger partial charge in [0.15, 0.2) is 0 Å². The molecule has 3 rings (SSSR count). The van der Waals surface area contributed by atoms with Crippen molar-refractivity contribution in [3.8, 4) is 0 Å². The molecule has 24 heavy (non-hydrogen) atoms. The third kappa shape index (κ3) is 3.57. The topological polar surface area (TPSA) is 32.3 Å². The molecule has 0 spiro atoms. The van der Waals surface area contributed by atoms with Crippen LogP contribution in [0.25, 0.3) is 0 Å². The van der Waals surface area contributed by atoms with Crippen molar-refractivity contribution in [1.29, 1.82) is 0 Å². The van der Waals surface area contributed by atoms with Gasteiger partial charge in [0.1, 0.15) is 0 Å². The zero-order chi connectivity index (χ0) is 17.1. The molecule has 0 unspecified atom stereocenters. The SMILES string of the molecule is CC(C)c1ccc(C(=O)Nc2cccc(Cl)c2N2CCCC2)cc1. The van der Waals surface area contributed by atoms with Crippen LogP contribution in [0.2, 0.25) is 5.02 Å². The largest absolute Gasteiger partial charge is 0.369 e. The first kappa shape index (κ1) is 16.8. The summed E-state index contributed by atoms with van der Waals surface area (Å²) in [5.74, 6) is 0.352. The number of carbonyl (C=O) groups excluding carboxylic acids is 1. The van der Waals surface area contributed by atoms with Gasteiger partial charge in [-0.3, -0.25) is 4.79 Å². The summed E-state index contributed by atoms with van der Waals surface area (Å²) >= 11 is 6.40. The molecule has 1 heterocycles. The predicted molar refractivity (Wildman–Crippen MR) is 101 cm³/mol. The van der Waals surface area contributed by atoms with Gasteiger partial charge in [-0.25, -0.2) is 0 Å². The van der Waals surface area contributed by atoms with Crippen molar-refractivity contribution in [3.63, 3.8) is 0 Å². The van der Waals surface area contributed by atoms with E-state index in [-0.39, 0.29) is 5.91 Å². The van der Waals surface area contributed by atoms with Crippen molar-refractivity contribution in [1.82, 2.24) is 0 Å². The van der Waals surface area contributed by atoms with E-state index in [0.717, 1.165) is 37.3 Å². The summed E-state index contributed by atoms with van der Waals surface area (Å²) in [6, 6.07) is 13.5. The summed E-state index contributed by atoms with van der Waals surface area (Å²) in [6.45, 7) is 6.25. The predicted octanol–water partition coefficient (Wildman–Crippen LogP) is 5.32. The fraction of sp³-hybridized carbons (Fsp3) is 0.350. The maximum Gasteiger partial charge on any atom is 0.255 e. The van der Waals surface area contributed by atoms with Crippen LogP contribution in [-0.4, -0.2) is 19.0 Å². The normalized spacial score (nSPS) is 14.2. The molecule has 1 amide bonds. The van der Waals surface area contributed by atoms with Crippen LogP contribution in [0, 0.1) is 0 Å². The van der Waals surface area contributed by atoms with Crippen molar-refractivity contribution < 1.29 is 4.79 Å². The summed E-state index contributed by atoms with van der Waals surface area (Å²) in [5.41, 5.74) is 3.60. The summed E-state index contributed by atoms with van der Waals surface area (Å²) in [5, 5.41) is 3.71. The molecule has 0 saturated carbocycles. The number of benzene rings is 2. The van der Waals surface area contributed by atoms with Crippen molar-refractivity contribution in [2.45, 2.75) is 32.6 Å². The second kappa shape index (κ2) is 7.27. The first-order valence-electron chi connectivity index (χ1n) is 8.51. The molecule has 4 heteroatoms. The fourth-order valence-corrected chi connectivity index (χ4v) is 3.39. The van der Waals surface area contributed by atoms with Crippen LogP contribution in [0.3, 0.4) is 0 Å². The molecule has 1 N–H and O–H groups in total. The monoisotopic (exact) mass is 342 g/mol. The lowest BCUT2D eigenvalue weighted by molar-refractivity contribution is 0.102. The molecule has 0 atom stereocenters. The van der Waals surface area contributed by atoms with Crippen LogP contribution in [0.4, 0.5) is 11.4 Å². The maximum atomic E-state index is 12.6. The van der Waals surface area contributed by atoms with Crippen LogP contribution >= 0.6 is 11.6 Å². The quantitative estimate of drug-likeness (QED) is 0.816. The Balaban J connectivity index is 1.82. The molecule has 0 radical (unpaired) electrons. The standard InChI is InChI=1S/C20H23ClN2O/c1-14(2)15-8-10-16(11-9-15)20(24)22-18-7-5-6-17(21)19(18)23-12-3-4-13-23/h5-11,14H,3-4,12-13H2,1-2H3,(H,22,24). The molecule has 1 fully saturated rings. The summed E-state index contributed by atoms with van der Waals surface area (Å²) < 4.78 is 0. The minimum atomic E-state index is -0.104. The molecule has 1 aliphatic rings. The van der Waals surface area contributed by atoms with E-state index in [1.807, 2.05) is 42.5 Å². The third-order valence-electron chi connectivity index (χ3n) is 4.50. The zero-order valence-electron chi connectivity index (χ0n) is 14.2. The Morgan fingerprint density at radius 1 is 1.08 bits per heavy atom. The molecule has 0 aliphatic carbocycles. The Morgan fingerprint density at radius 2 is 1.75 bits per heavy atom. The van der Waals surface area contributed by atoms with Gasteiger partial charge in [-0.2, -0.15) is 0 Å². The number of nitrogens with zero attached hydrogens (tertiary/aromatic N) is 1. The first-order chi connectivity index (χ1) is 11.6. The van der Waals surface area contributed by atoms with E-state index in [1.165, 1.54) is 5.56 Å². The minimum absolute atomic E-state index is 0.104. The maximum absolute atomic E-state index is 12.6. The van der Waals surface area contributed by atoms with Gasteiger partial charge in [-0.05, 0) is 48.6 Å². The number of hydrogen-bond donors (Lipinski definition) is 1. The van der Waals surface area contributed by atoms with Gasteiger partial charge in [-0.15, -0.1) is 0 Å². The van der Waals surface area contributed by atoms with Gasteiger partial charge in [0.2, 0.25) is 0 Å². The van der Waals surface area contributed by atoms with E-state index in [9.17, 15) is 4.79 Å². The number of carbonyl (C=O) groups is 1. The van der Waals surface area contributed by atoms with Gasteiger partial charge in [0.25, 0.3) is 5.91 Å². The number of hydrogen-bond acceptors (Lipinski definition) is 2. The second-order valence-electron chi connectivity index (χ2n) is 6.56. The lowest BCUT2D eigenvalue weighted by Crippen LogP contribution is -2.21. The van der Waals surface area contributed by atoms with Gasteiger partial charge >= 0.3 is 0 Å². The van der Waals surface area contributed by atoms with Gasteiger partial charge in [-0.1, -0.05) is 43.6 Å². The molecule has 2 aromatic carbocycles. The van der Waals surface area contributed by atoms with Crippen LogP contribution in [-0.2, 0) is 0 Å². The number of rotatable bonds is 4. The Kier molecular flexibility index (Phi) is 5.10. The van der Waals surface area contributed by atoms with Crippen LogP contribution in [0.15, 0.2) is 42.5 Å². The van der Waals surface area contributed by atoms with Crippen LogP contribution < -0.4 is 10.2 Å². The smallest absolute Gasteiger partial charge is 0.255 e. The third-order valence-corrected chi connectivity index (χ3v) is 4.80. The number of halogens is 1. The van der Waals surface area contributed by atoms with Gasteiger partial charge < -0.3 is 10.2 Å². The van der Waals surface area contributed by atoms with E-state index in [2.05, 4.69) is 24.1 Å². The first-order valence-corrected chi connectivity index (χ1v) is 8.89. The average molecular weight is 343 g/mol. The molecule has 0 bridgehead atoms. The van der Waals surface area contributed by atoms with Crippen LogP contribution in [0.1, 0.15) is 48.5 Å². The summed E-state index contributed by atoms with van der Waals surface area (Å²) in [4.78, 5) is 14.9. The number of nitrogens with one attached hydrogen (secondary N) is 1. The van der Waals surface area contributed by atoms with Crippen molar-refractivity contribution in [2.24, 2.45) is 0 Å². The molecule has 3 nitrogen and oxygen atoms in total. The summed E-state index contributed by atoms with van der Waals surface area (Å²) in [6.07, 6.45) is 2.32. The van der Waals surface area contributed by atoms with Gasteiger partial charge in [0, 0.05) is 18.7 Å². The minimum Gasteiger partial charge on any atom is -0.369 e. The Morgan fingerprint density at radius 3 is 2.38 bits per heavy atom. The van der Waals surface area contributed by atoms with Crippen LogP contribution in [0.5, 0.6) is 0 Å². The lowest BCUT2D eigenvalue weighted by Gasteiger charge is -2.23. The number of para-hydroxylation sites is 1. The zero-order valence-corrected chi connectivity index (χ0v) is 14.9. The Bertz CT molecular complexity index is 719. The molecule has 1 aliphatic heterocycles. The molecular formula is C20H23ClN2O. The molecule has 126 valence electrons. The highest BCUT2D eigenvalue weighted by Gasteiger charge is 2.20. The van der Waals surface area contributed by atoms with Crippen molar-refractivity contribution >= 4 is 28.9 Å². The molecule has 1 saturated heterocycles. The highest BCUT2D eigenvalue weighted by molar-refractivity contribution is 6.34. The van der Waals surface area contributed by atoms with Crippen molar-refractivity contribution in [3.05, 3.63) is 58.6 Å². The highest BCUT2D eigenvalue weighted by Crippen LogP contribution is 2.36. The molecule has 0 aromatic heterocycles. The average Bonchev–Trinajstić information content (AvgIpc) is 3.09. The fourth-order valence-electron chi connectivity index (χ4n) is 3.09. The number of anilines is 2. The Labute approximate surface area is 148 Å². The van der Waals surface area contributed by atoms with Gasteiger partial charge in [0.05, 0.1) is 16.4 Å². The van der Waals surface area contributed by atoms with E-state index in [1.54, 1.807) is 0 Å². The van der Waals surface area contributed by atoms with E-state index >= 15 is 0 Å². The second-order valence-corrected chi connectivity index (χ2v) is 6.97.